The summed E-state index contributed by atoms with van der Waals surface area (Å²) in [5.41, 5.74) is -4.83. The van der Waals surface area contributed by atoms with Crippen molar-refractivity contribution in [3.8, 4) is 0 Å². The van der Waals surface area contributed by atoms with Gasteiger partial charge in [0.25, 0.3) is 11.8 Å². The van der Waals surface area contributed by atoms with Gasteiger partial charge in [-0.2, -0.15) is 26.3 Å². The van der Waals surface area contributed by atoms with E-state index in [4.69, 9.17) is 14.4 Å². The minimum Gasteiger partial charge on any atom is -0.481 e. The maximum absolute atomic E-state index is 13.8. The van der Waals surface area contributed by atoms with E-state index in [1.54, 1.807) is 0 Å². The molecule has 0 aromatic heterocycles. The fraction of sp³-hybridized carbons (Fsp3) is 0.385. The number of benzene rings is 2. The summed E-state index contributed by atoms with van der Waals surface area (Å²) in [5, 5.41) is 33.8. The van der Waals surface area contributed by atoms with Gasteiger partial charge in [0.2, 0.25) is 5.91 Å². The van der Waals surface area contributed by atoms with Crippen LogP contribution in [0.1, 0.15) is 55.8 Å². The lowest BCUT2D eigenvalue weighted by Crippen LogP contribution is -2.51. The summed E-state index contributed by atoms with van der Waals surface area (Å²) in [7, 11) is -3.47. The second-order valence-corrected chi connectivity index (χ2v) is 10.9. The second-order valence-electron chi connectivity index (χ2n) is 10.9. The van der Waals surface area contributed by atoms with Gasteiger partial charge >= 0.3 is 32.6 Å². The highest BCUT2D eigenvalue weighted by Crippen LogP contribution is 2.35. The molecule has 0 unspecified atom stereocenters. The van der Waals surface area contributed by atoms with Gasteiger partial charge < -0.3 is 40.0 Å². The molecule has 5 rings (SSSR count). The van der Waals surface area contributed by atoms with Crippen molar-refractivity contribution in [2.24, 2.45) is 0 Å². The van der Waals surface area contributed by atoms with Crippen LogP contribution in [0.3, 0.4) is 0 Å². The maximum atomic E-state index is 13.8. The smallest absolute Gasteiger partial charge is 0.481 e. The molecule has 1 saturated heterocycles. The number of amides is 3. The molecule has 244 valence electrons. The number of fused-ring (bicyclic) bond motifs is 2. The Hall–Kier alpha value is -4.13. The molecule has 3 amide bonds. The number of aliphatic carboxylic acids is 1. The van der Waals surface area contributed by atoms with Crippen molar-refractivity contribution in [1.82, 2.24) is 15.5 Å². The van der Waals surface area contributed by atoms with E-state index in [1.165, 1.54) is 0 Å². The predicted octanol–water partition coefficient (Wildman–Crippen LogP) is -0.236. The molecule has 0 spiro atoms. The van der Waals surface area contributed by atoms with Crippen molar-refractivity contribution in [3.05, 3.63) is 57.6 Å². The van der Waals surface area contributed by atoms with Crippen LogP contribution in [0.5, 0.6) is 0 Å². The Bertz CT molecular complexity index is 1500. The third-order valence-corrected chi connectivity index (χ3v) is 7.87. The molecule has 5 N–H and O–H groups in total. The van der Waals surface area contributed by atoms with Gasteiger partial charge in [0.15, 0.2) is 0 Å². The molecule has 2 aromatic carbocycles. The Morgan fingerprint density at radius 3 is 1.54 bits per heavy atom. The molecule has 20 heteroatoms. The van der Waals surface area contributed by atoms with Crippen LogP contribution in [-0.4, -0.2) is 83.2 Å². The number of likely N-dealkylation sites (tertiary alicyclic amines) is 1. The molecular weight excluding hydrogens is 634 g/mol. The maximum Gasteiger partial charge on any atom is 0.491 e. The molecule has 12 nitrogen and oxygen atoms in total. The molecule has 3 aliphatic rings. The molecular formula is C26H23B2F6N3O9. The van der Waals surface area contributed by atoms with E-state index in [2.05, 4.69) is 10.6 Å². The van der Waals surface area contributed by atoms with E-state index in [1.807, 2.05) is 0 Å². The van der Waals surface area contributed by atoms with Crippen LogP contribution < -0.4 is 21.6 Å². The number of nitrogens with one attached hydrogen (secondary N) is 2. The number of rotatable bonds is 7. The predicted molar refractivity (Wildman–Crippen MR) is 144 cm³/mol. The van der Waals surface area contributed by atoms with Crippen LogP contribution in [-0.2, 0) is 44.5 Å². The lowest BCUT2D eigenvalue weighted by Gasteiger charge is -2.22. The van der Waals surface area contributed by atoms with Gasteiger partial charge in [-0.15, -0.1) is 0 Å². The Balaban J connectivity index is 1.43. The number of carbonyl (C=O) groups is 4. The SMILES string of the molecule is O=C(O)CCC(=O)N1C[C@H](NC(=O)c2cc3c(c(C(F)(F)F)c2)COB3O)[C@@H](NC(=O)c2cc3c(c(C(F)(F)F)c2)COB3O)C1. The van der Waals surface area contributed by atoms with E-state index in [9.17, 15) is 55.6 Å². The van der Waals surface area contributed by atoms with E-state index in [-0.39, 0.29) is 35.1 Å². The van der Waals surface area contributed by atoms with Crippen molar-refractivity contribution >= 4 is 48.9 Å². The summed E-state index contributed by atoms with van der Waals surface area (Å²) in [6.45, 7) is -1.80. The summed E-state index contributed by atoms with van der Waals surface area (Å²) in [6.07, 6.45) is -10.9. The van der Waals surface area contributed by atoms with Crippen molar-refractivity contribution in [2.45, 2.75) is 50.5 Å². The van der Waals surface area contributed by atoms with E-state index >= 15 is 0 Å². The van der Waals surface area contributed by atoms with Gasteiger partial charge in [0.05, 0.1) is 42.8 Å². The molecule has 0 radical (unpaired) electrons. The number of halogens is 6. The minimum absolute atomic E-state index is 0.287. The van der Waals surface area contributed by atoms with Gasteiger partial charge in [-0.1, -0.05) is 0 Å². The number of nitrogens with zero attached hydrogens (tertiary/aromatic N) is 1. The van der Waals surface area contributed by atoms with E-state index < -0.39 is 111 Å². The number of hydrogen-bond donors (Lipinski definition) is 5. The number of carboxylic acid groups (broad SMARTS) is 1. The largest absolute Gasteiger partial charge is 0.491 e. The molecule has 2 aromatic rings. The summed E-state index contributed by atoms with van der Waals surface area (Å²) in [5.74, 6) is -4.19. The number of hydrogen-bond acceptors (Lipinski definition) is 8. The average Bonchev–Trinajstić information content (AvgIpc) is 3.66. The Kier molecular flexibility index (Phi) is 8.84. The number of alkyl halides is 6. The quantitative estimate of drug-likeness (QED) is 0.199. The van der Waals surface area contributed by atoms with Gasteiger partial charge in [-0.3, -0.25) is 19.2 Å². The highest BCUT2D eigenvalue weighted by atomic mass is 19.4. The van der Waals surface area contributed by atoms with Crippen LogP contribution in [0.15, 0.2) is 24.3 Å². The van der Waals surface area contributed by atoms with Crippen molar-refractivity contribution < 1.29 is 70.0 Å². The summed E-state index contributed by atoms with van der Waals surface area (Å²) < 4.78 is 92.3. The van der Waals surface area contributed by atoms with Gasteiger partial charge in [-0.05, 0) is 46.3 Å². The molecule has 3 heterocycles. The normalized spacial score (nSPS) is 19.3. The Morgan fingerprint density at radius 2 is 1.17 bits per heavy atom. The summed E-state index contributed by atoms with van der Waals surface area (Å²) in [6, 6.07) is 0.660. The number of carbonyl (C=O) groups excluding carboxylic acids is 3. The molecule has 46 heavy (non-hydrogen) atoms. The zero-order valence-electron chi connectivity index (χ0n) is 23.4. The van der Waals surface area contributed by atoms with Gasteiger partial charge in [0, 0.05) is 30.6 Å². The third kappa shape index (κ3) is 6.69. The average molecular weight is 657 g/mol. The number of carboxylic acids is 1. The third-order valence-electron chi connectivity index (χ3n) is 7.87. The van der Waals surface area contributed by atoms with Crippen LogP contribution in [0.4, 0.5) is 26.3 Å². The van der Waals surface area contributed by atoms with Gasteiger partial charge in [-0.25, -0.2) is 0 Å². The Morgan fingerprint density at radius 1 is 0.761 bits per heavy atom. The summed E-state index contributed by atoms with van der Waals surface area (Å²) >= 11 is 0. The first-order chi connectivity index (χ1) is 21.4. The summed E-state index contributed by atoms with van der Waals surface area (Å²) in [4.78, 5) is 51.2. The molecule has 0 saturated carbocycles. The zero-order valence-corrected chi connectivity index (χ0v) is 23.4. The van der Waals surface area contributed by atoms with Crippen molar-refractivity contribution in [2.75, 3.05) is 13.1 Å². The molecule has 2 atom stereocenters. The first kappa shape index (κ1) is 33.2. The van der Waals surface area contributed by atoms with E-state index in [0.717, 1.165) is 17.0 Å². The highest BCUT2D eigenvalue weighted by Gasteiger charge is 2.43. The fourth-order valence-corrected chi connectivity index (χ4v) is 5.60. The van der Waals surface area contributed by atoms with Crippen molar-refractivity contribution in [3.63, 3.8) is 0 Å². The lowest BCUT2D eigenvalue weighted by atomic mass is 9.77. The topological polar surface area (TPSA) is 175 Å². The molecule has 1 fully saturated rings. The van der Waals surface area contributed by atoms with Crippen LogP contribution >= 0.6 is 0 Å². The Labute approximate surface area is 255 Å². The lowest BCUT2D eigenvalue weighted by molar-refractivity contribution is -0.140. The van der Waals surface area contributed by atoms with Crippen molar-refractivity contribution in [1.29, 1.82) is 0 Å². The highest BCUT2D eigenvalue weighted by molar-refractivity contribution is 6.62. The molecule has 0 aliphatic carbocycles. The van der Waals surface area contributed by atoms with Crippen LogP contribution in [0, 0.1) is 0 Å². The monoisotopic (exact) mass is 657 g/mol. The standard InChI is InChI=1S/C26H23B2F6N3O9/c29-25(30,31)15-3-11(5-17-13(15)9-45-27(17)43)23(41)35-19-7-37(21(38)1-2-22(39)40)8-20(19)36-24(42)12-4-16(26(32,33)34)14-10-46-28(44)18(14)6-12/h3-6,19-20,43-44H,1-2,7-10H2,(H,35,41)(H,36,42)(H,39,40)/t19-,20-/m0/s1. The minimum atomic E-state index is -4.92. The molecule has 3 aliphatic heterocycles. The first-order valence-electron chi connectivity index (χ1n) is 13.6. The van der Waals surface area contributed by atoms with Crippen LogP contribution in [0.25, 0.3) is 0 Å². The zero-order chi connectivity index (χ0) is 33.7. The van der Waals surface area contributed by atoms with Crippen LogP contribution in [0.2, 0.25) is 0 Å². The first-order valence-corrected chi connectivity index (χ1v) is 13.6. The fourth-order valence-electron chi connectivity index (χ4n) is 5.60. The second kappa shape index (κ2) is 12.2. The van der Waals surface area contributed by atoms with E-state index in [0.29, 0.717) is 12.1 Å². The van der Waals surface area contributed by atoms with Gasteiger partial charge in [0.1, 0.15) is 0 Å². The molecule has 0 bridgehead atoms.